The topological polar surface area (TPSA) is 66.6 Å². The van der Waals surface area contributed by atoms with Gasteiger partial charge in [0.05, 0.1) is 4.90 Å². The van der Waals surface area contributed by atoms with E-state index in [4.69, 9.17) is 5.73 Å². The van der Waals surface area contributed by atoms with E-state index in [0.29, 0.717) is 24.4 Å². The van der Waals surface area contributed by atoms with Crippen LogP contribution in [0.1, 0.15) is 25.8 Å². The van der Waals surface area contributed by atoms with Crippen LogP contribution in [0.15, 0.2) is 29.2 Å². The van der Waals surface area contributed by atoms with Crippen LogP contribution in [-0.4, -0.2) is 50.8 Å². The highest BCUT2D eigenvalue weighted by atomic mass is 32.2. The van der Waals surface area contributed by atoms with Crippen LogP contribution in [0.2, 0.25) is 0 Å². The maximum atomic E-state index is 12.8. The lowest BCUT2D eigenvalue weighted by Crippen LogP contribution is -2.53. The summed E-state index contributed by atoms with van der Waals surface area (Å²) < 4.78 is 27.1. The van der Waals surface area contributed by atoms with Gasteiger partial charge in [0.15, 0.2) is 0 Å². The van der Waals surface area contributed by atoms with E-state index in [1.807, 2.05) is 40.1 Å². The largest absolute Gasteiger partial charge is 0.327 e. The number of rotatable bonds is 4. The Morgan fingerprint density at radius 1 is 1.27 bits per heavy atom. The molecule has 0 spiro atoms. The first-order chi connectivity index (χ1) is 10.1. The summed E-state index contributed by atoms with van der Waals surface area (Å²) in [4.78, 5) is 2.42. The third kappa shape index (κ3) is 3.68. The number of piperidine rings is 1. The molecule has 2 rings (SSSR count). The molecule has 0 saturated carbocycles. The number of benzene rings is 1. The second-order valence-electron chi connectivity index (χ2n) is 7.10. The summed E-state index contributed by atoms with van der Waals surface area (Å²) in [6.07, 6.45) is 0.699. The van der Waals surface area contributed by atoms with Crippen LogP contribution in [0.4, 0.5) is 0 Å². The summed E-state index contributed by atoms with van der Waals surface area (Å²) in [7, 11) is 0.542. The minimum absolute atomic E-state index is 0.0430. The second-order valence-corrected chi connectivity index (χ2v) is 9.04. The fourth-order valence-corrected chi connectivity index (χ4v) is 4.44. The van der Waals surface area contributed by atoms with E-state index in [9.17, 15) is 8.42 Å². The number of hydrogen-bond acceptors (Lipinski definition) is 4. The maximum Gasteiger partial charge on any atom is 0.243 e. The van der Waals surface area contributed by atoms with Crippen LogP contribution in [0.3, 0.4) is 0 Å². The molecule has 124 valence electrons. The van der Waals surface area contributed by atoms with Crippen molar-refractivity contribution in [3.63, 3.8) is 0 Å². The second kappa shape index (κ2) is 6.28. The van der Waals surface area contributed by atoms with E-state index in [2.05, 4.69) is 4.90 Å². The lowest BCUT2D eigenvalue weighted by Gasteiger charge is -2.41. The predicted molar refractivity (Wildman–Crippen MR) is 89.0 cm³/mol. The monoisotopic (exact) mass is 325 g/mol. The van der Waals surface area contributed by atoms with Crippen LogP contribution in [0.25, 0.3) is 0 Å². The highest BCUT2D eigenvalue weighted by molar-refractivity contribution is 7.89. The lowest BCUT2D eigenvalue weighted by atomic mass is 9.81. The fraction of sp³-hybridized carbons (Fsp3) is 0.625. The molecule has 1 fully saturated rings. The Balaban J connectivity index is 2.20. The molecule has 0 unspecified atom stereocenters. The average molecular weight is 325 g/mol. The molecule has 1 atom stereocenters. The molecule has 0 aromatic heterocycles. The molecule has 22 heavy (non-hydrogen) atoms. The summed E-state index contributed by atoms with van der Waals surface area (Å²) >= 11 is 0. The number of sulfonamides is 1. The minimum Gasteiger partial charge on any atom is -0.327 e. The SMILES string of the molecule is CN(C)Cc1ccc(S(=O)(=O)N2CC[C@H](N)C(C)(C)C2)cc1. The summed E-state index contributed by atoms with van der Waals surface area (Å²) in [6.45, 7) is 5.81. The first-order valence-corrected chi connectivity index (χ1v) is 9.06. The van der Waals surface area contributed by atoms with E-state index in [-0.39, 0.29) is 11.5 Å². The molecule has 2 N–H and O–H groups in total. The third-order valence-electron chi connectivity index (χ3n) is 4.34. The van der Waals surface area contributed by atoms with Crippen molar-refractivity contribution in [2.45, 2.75) is 37.8 Å². The zero-order valence-electron chi connectivity index (χ0n) is 13.9. The van der Waals surface area contributed by atoms with Crippen molar-refractivity contribution in [1.29, 1.82) is 0 Å². The quantitative estimate of drug-likeness (QED) is 0.911. The molecule has 1 aliphatic rings. The van der Waals surface area contributed by atoms with Gasteiger partial charge in [0.2, 0.25) is 10.0 Å². The Labute approximate surface area is 134 Å². The van der Waals surface area contributed by atoms with Crippen LogP contribution >= 0.6 is 0 Å². The van der Waals surface area contributed by atoms with E-state index in [1.165, 1.54) is 0 Å². The standard InChI is InChI=1S/C16H27N3O2S/c1-16(2)12-19(10-9-15(16)17)22(20,21)14-7-5-13(6-8-14)11-18(3)4/h5-8,15H,9-12,17H2,1-4H3/t15-/m0/s1. The van der Waals surface area contributed by atoms with Crippen molar-refractivity contribution < 1.29 is 8.42 Å². The van der Waals surface area contributed by atoms with Gasteiger partial charge in [0.25, 0.3) is 0 Å². The summed E-state index contributed by atoms with van der Waals surface area (Å²) in [5.74, 6) is 0. The number of nitrogens with two attached hydrogens (primary N) is 1. The van der Waals surface area contributed by atoms with Crippen LogP contribution in [0.5, 0.6) is 0 Å². The maximum absolute atomic E-state index is 12.8. The molecule has 6 heteroatoms. The summed E-state index contributed by atoms with van der Waals surface area (Å²) in [5.41, 5.74) is 7.00. The zero-order valence-corrected chi connectivity index (χ0v) is 14.7. The highest BCUT2D eigenvalue weighted by Crippen LogP contribution is 2.31. The molecule has 1 aliphatic heterocycles. The summed E-state index contributed by atoms with van der Waals surface area (Å²) in [6, 6.07) is 7.22. The molecule has 0 radical (unpaired) electrons. The Hall–Kier alpha value is -0.950. The average Bonchev–Trinajstić information content (AvgIpc) is 2.41. The van der Waals surface area contributed by atoms with Gasteiger partial charge < -0.3 is 10.6 Å². The molecular weight excluding hydrogens is 298 g/mol. The van der Waals surface area contributed by atoms with Crippen molar-refractivity contribution in [2.75, 3.05) is 27.2 Å². The number of hydrogen-bond donors (Lipinski definition) is 1. The van der Waals surface area contributed by atoms with Crippen molar-refractivity contribution in [2.24, 2.45) is 11.1 Å². The van der Waals surface area contributed by atoms with Gasteiger partial charge in [-0.05, 0) is 43.6 Å². The Kier molecular flexibility index (Phi) is 4.96. The zero-order chi connectivity index (χ0) is 16.5. The lowest BCUT2D eigenvalue weighted by molar-refractivity contribution is 0.155. The Bertz CT molecular complexity index is 609. The predicted octanol–water partition coefficient (Wildman–Crippen LogP) is 1.50. The first kappa shape index (κ1) is 17.4. The molecule has 1 aromatic rings. The molecule has 0 aliphatic carbocycles. The van der Waals surface area contributed by atoms with Crippen molar-refractivity contribution in [3.8, 4) is 0 Å². The first-order valence-electron chi connectivity index (χ1n) is 7.62. The van der Waals surface area contributed by atoms with E-state index in [0.717, 1.165) is 12.1 Å². The highest BCUT2D eigenvalue weighted by Gasteiger charge is 2.38. The van der Waals surface area contributed by atoms with Gasteiger partial charge in [-0.2, -0.15) is 4.31 Å². The normalized spacial score (nSPS) is 22.9. The Morgan fingerprint density at radius 2 is 1.86 bits per heavy atom. The van der Waals surface area contributed by atoms with Gasteiger partial charge in [-0.1, -0.05) is 26.0 Å². The third-order valence-corrected chi connectivity index (χ3v) is 6.20. The van der Waals surface area contributed by atoms with Crippen molar-refractivity contribution >= 4 is 10.0 Å². The summed E-state index contributed by atoms with van der Waals surface area (Å²) in [5, 5.41) is 0. The fourth-order valence-electron chi connectivity index (χ4n) is 2.81. The molecule has 0 bridgehead atoms. The Morgan fingerprint density at radius 3 is 2.36 bits per heavy atom. The van der Waals surface area contributed by atoms with Gasteiger partial charge in [-0.15, -0.1) is 0 Å². The van der Waals surface area contributed by atoms with Gasteiger partial charge >= 0.3 is 0 Å². The van der Waals surface area contributed by atoms with E-state index >= 15 is 0 Å². The van der Waals surface area contributed by atoms with Gasteiger partial charge in [-0.25, -0.2) is 8.42 Å². The van der Waals surface area contributed by atoms with Gasteiger partial charge in [0, 0.05) is 25.7 Å². The van der Waals surface area contributed by atoms with Gasteiger partial charge in [-0.3, -0.25) is 0 Å². The molecule has 1 heterocycles. The number of nitrogens with zero attached hydrogens (tertiary/aromatic N) is 2. The molecule has 1 aromatic carbocycles. The molecule has 5 nitrogen and oxygen atoms in total. The minimum atomic E-state index is -3.44. The van der Waals surface area contributed by atoms with Crippen LogP contribution in [-0.2, 0) is 16.6 Å². The van der Waals surface area contributed by atoms with E-state index < -0.39 is 10.0 Å². The van der Waals surface area contributed by atoms with E-state index in [1.54, 1.807) is 16.4 Å². The van der Waals surface area contributed by atoms with Crippen molar-refractivity contribution in [3.05, 3.63) is 29.8 Å². The van der Waals surface area contributed by atoms with Gasteiger partial charge in [0.1, 0.15) is 0 Å². The smallest absolute Gasteiger partial charge is 0.243 e. The molecule has 0 amide bonds. The molecule has 1 saturated heterocycles. The molecular formula is C16H27N3O2S. The van der Waals surface area contributed by atoms with Crippen LogP contribution in [0, 0.1) is 5.41 Å². The van der Waals surface area contributed by atoms with Crippen molar-refractivity contribution in [1.82, 2.24) is 9.21 Å². The van der Waals surface area contributed by atoms with Crippen LogP contribution < -0.4 is 5.73 Å².